The van der Waals surface area contributed by atoms with Gasteiger partial charge < -0.3 is 9.73 Å². The van der Waals surface area contributed by atoms with Crippen LogP contribution >= 0.6 is 11.8 Å². The largest absolute Gasteiger partial charge is 0.469 e. The fourth-order valence-electron chi connectivity index (χ4n) is 2.13. The number of rotatable bonds is 5. The summed E-state index contributed by atoms with van der Waals surface area (Å²) in [5.41, 5.74) is 1.08. The van der Waals surface area contributed by atoms with E-state index in [1.165, 1.54) is 0 Å². The van der Waals surface area contributed by atoms with Gasteiger partial charge in [0.25, 0.3) is 0 Å². The Morgan fingerprint density at radius 2 is 2.14 bits per heavy atom. The molecule has 0 unspecified atom stereocenters. The quantitative estimate of drug-likeness (QED) is 0.923. The van der Waals surface area contributed by atoms with Crippen molar-refractivity contribution in [1.29, 1.82) is 0 Å². The van der Waals surface area contributed by atoms with Crippen molar-refractivity contribution in [3.05, 3.63) is 60.1 Å². The molecule has 0 radical (unpaired) electrons. The first-order valence-electron chi connectivity index (χ1n) is 6.89. The Bertz CT molecular complexity index is 623. The third kappa shape index (κ3) is 3.55. The number of hydrogen-bond acceptors (Lipinski definition) is 4. The smallest absolute Gasteiger partial charge is 0.245 e. The highest BCUT2D eigenvalue weighted by molar-refractivity contribution is 8.14. The summed E-state index contributed by atoms with van der Waals surface area (Å²) < 4.78 is 5.23. The molecule has 21 heavy (non-hydrogen) atoms. The molecule has 4 nitrogen and oxygen atoms in total. The number of carbonyl (C=O) groups excluding carboxylic acids is 1. The first-order valence-corrected chi connectivity index (χ1v) is 7.87. The van der Waals surface area contributed by atoms with E-state index in [0.717, 1.165) is 16.4 Å². The van der Waals surface area contributed by atoms with E-state index in [9.17, 15) is 4.79 Å². The number of amides is 1. The molecule has 1 amide bonds. The summed E-state index contributed by atoms with van der Waals surface area (Å²) >= 11 is 1.63. The summed E-state index contributed by atoms with van der Waals surface area (Å²) in [7, 11) is 0. The normalized spacial score (nSPS) is 17.5. The third-order valence-electron chi connectivity index (χ3n) is 3.23. The van der Waals surface area contributed by atoms with Crippen LogP contribution in [-0.2, 0) is 11.2 Å². The minimum absolute atomic E-state index is 0.0139. The summed E-state index contributed by atoms with van der Waals surface area (Å²) in [6, 6.07) is 13.4. The number of carbonyl (C=O) groups is 1. The molecule has 3 rings (SSSR count). The standard InChI is InChI=1S/C16H16N2O2S/c19-15(17-9-8-13-7-4-10-20-13)14-11-21-16(18-14)12-5-2-1-3-6-12/h1-7,10,14H,8-9,11H2,(H,17,19)/t14-/m0/s1. The molecule has 1 aliphatic rings. The van der Waals surface area contributed by atoms with Crippen LogP contribution in [0, 0.1) is 0 Å². The van der Waals surface area contributed by atoms with Crippen LogP contribution < -0.4 is 5.32 Å². The fourth-order valence-corrected chi connectivity index (χ4v) is 3.17. The first-order chi connectivity index (χ1) is 10.3. The predicted molar refractivity (Wildman–Crippen MR) is 84.6 cm³/mol. The van der Waals surface area contributed by atoms with E-state index in [2.05, 4.69) is 10.3 Å². The molecule has 2 aromatic rings. The minimum atomic E-state index is -0.290. The van der Waals surface area contributed by atoms with Crippen LogP contribution in [-0.4, -0.2) is 29.3 Å². The van der Waals surface area contributed by atoms with Gasteiger partial charge in [-0.2, -0.15) is 0 Å². The van der Waals surface area contributed by atoms with Crippen molar-refractivity contribution in [3.8, 4) is 0 Å². The molecule has 2 heterocycles. The Kier molecular flexibility index (Phi) is 4.40. The molecular weight excluding hydrogens is 284 g/mol. The molecule has 1 atom stereocenters. The summed E-state index contributed by atoms with van der Waals surface area (Å²) in [4.78, 5) is 16.6. The lowest BCUT2D eigenvalue weighted by molar-refractivity contribution is -0.121. The number of nitrogens with one attached hydrogen (secondary N) is 1. The molecule has 5 heteroatoms. The maximum atomic E-state index is 12.1. The van der Waals surface area contributed by atoms with Crippen LogP contribution in [0.1, 0.15) is 11.3 Å². The van der Waals surface area contributed by atoms with E-state index < -0.39 is 0 Å². The molecule has 1 aliphatic heterocycles. The lowest BCUT2D eigenvalue weighted by Gasteiger charge is -2.06. The molecule has 0 aliphatic carbocycles. The summed E-state index contributed by atoms with van der Waals surface area (Å²) in [6.45, 7) is 0.573. The zero-order chi connectivity index (χ0) is 14.5. The average molecular weight is 300 g/mol. The summed E-state index contributed by atoms with van der Waals surface area (Å²) in [6.07, 6.45) is 2.34. The van der Waals surface area contributed by atoms with Crippen LogP contribution in [0.25, 0.3) is 0 Å². The van der Waals surface area contributed by atoms with E-state index in [1.807, 2.05) is 42.5 Å². The Hall–Kier alpha value is -2.01. The van der Waals surface area contributed by atoms with Crippen LogP contribution in [0.4, 0.5) is 0 Å². The zero-order valence-corrected chi connectivity index (χ0v) is 12.3. The maximum absolute atomic E-state index is 12.1. The second-order valence-corrected chi connectivity index (χ2v) is 5.76. The van der Waals surface area contributed by atoms with Crippen LogP contribution in [0.3, 0.4) is 0 Å². The van der Waals surface area contributed by atoms with Gasteiger partial charge in [-0.1, -0.05) is 30.3 Å². The molecule has 1 N–H and O–H groups in total. The molecule has 0 bridgehead atoms. The van der Waals surface area contributed by atoms with Gasteiger partial charge in [-0.25, -0.2) is 0 Å². The Morgan fingerprint density at radius 3 is 2.90 bits per heavy atom. The van der Waals surface area contributed by atoms with E-state index in [4.69, 9.17) is 4.42 Å². The second-order valence-electron chi connectivity index (χ2n) is 4.75. The van der Waals surface area contributed by atoms with Crippen molar-refractivity contribution in [2.45, 2.75) is 12.5 Å². The zero-order valence-electron chi connectivity index (χ0n) is 11.5. The van der Waals surface area contributed by atoms with Crippen LogP contribution in [0.15, 0.2) is 58.1 Å². The summed E-state index contributed by atoms with van der Waals surface area (Å²) in [5.74, 6) is 1.57. The van der Waals surface area contributed by atoms with Gasteiger partial charge >= 0.3 is 0 Å². The number of furan rings is 1. The highest BCUT2D eigenvalue weighted by Gasteiger charge is 2.25. The topological polar surface area (TPSA) is 54.6 Å². The molecule has 108 valence electrons. The van der Waals surface area contributed by atoms with E-state index in [1.54, 1.807) is 18.0 Å². The van der Waals surface area contributed by atoms with Crippen molar-refractivity contribution in [2.24, 2.45) is 4.99 Å². The van der Waals surface area contributed by atoms with Crippen molar-refractivity contribution in [2.75, 3.05) is 12.3 Å². The van der Waals surface area contributed by atoms with Crippen molar-refractivity contribution in [3.63, 3.8) is 0 Å². The highest BCUT2D eigenvalue weighted by atomic mass is 32.2. The molecule has 1 aromatic heterocycles. The Morgan fingerprint density at radius 1 is 1.29 bits per heavy atom. The van der Waals surface area contributed by atoms with Crippen molar-refractivity contribution < 1.29 is 9.21 Å². The highest BCUT2D eigenvalue weighted by Crippen LogP contribution is 2.23. The lowest BCUT2D eigenvalue weighted by atomic mass is 10.2. The van der Waals surface area contributed by atoms with Gasteiger partial charge in [0, 0.05) is 24.3 Å². The number of hydrogen-bond donors (Lipinski definition) is 1. The number of benzene rings is 1. The molecule has 0 saturated carbocycles. The van der Waals surface area contributed by atoms with Gasteiger partial charge in [0.05, 0.1) is 11.3 Å². The number of thioether (sulfide) groups is 1. The van der Waals surface area contributed by atoms with Gasteiger partial charge in [-0.15, -0.1) is 11.8 Å². The second kappa shape index (κ2) is 6.63. The van der Waals surface area contributed by atoms with E-state index in [0.29, 0.717) is 18.7 Å². The van der Waals surface area contributed by atoms with Crippen molar-refractivity contribution in [1.82, 2.24) is 5.32 Å². The summed E-state index contributed by atoms with van der Waals surface area (Å²) in [5, 5.41) is 3.86. The number of aliphatic imine (C=N–C) groups is 1. The Labute approximate surface area is 127 Å². The molecular formula is C16H16N2O2S. The first kappa shape index (κ1) is 13.9. The van der Waals surface area contributed by atoms with Crippen LogP contribution in [0.2, 0.25) is 0 Å². The maximum Gasteiger partial charge on any atom is 0.245 e. The molecule has 1 aromatic carbocycles. The van der Waals surface area contributed by atoms with Crippen LogP contribution in [0.5, 0.6) is 0 Å². The minimum Gasteiger partial charge on any atom is -0.469 e. The molecule has 0 fully saturated rings. The Balaban J connectivity index is 1.53. The number of nitrogens with zero attached hydrogens (tertiary/aromatic N) is 1. The predicted octanol–water partition coefficient (Wildman–Crippen LogP) is 2.50. The van der Waals surface area contributed by atoms with Gasteiger partial charge in [0.1, 0.15) is 11.8 Å². The SMILES string of the molecule is O=C(NCCc1ccco1)[C@@H]1CSC(c2ccccc2)=N1. The van der Waals surface area contributed by atoms with Gasteiger partial charge in [0.2, 0.25) is 5.91 Å². The molecule has 0 saturated heterocycles. The third-order valence-corrected chi connectivity index (χ3v) is 4.32. The monoisotopic (exact) mass is 300 g/mol. The van der Waals surface area contributed by atoms with E-state index >= 15 is 0 Å². The average Bonchev–Trinajstić information content (AvgIpc) is 3.20. The van der Waals surface area contributed by atoms with Crippen molar-refractivity contribution >= 4 is 22.7 Å². The lowest BCUT2D eigenvalue weighted by Crippen LogP contribution is -2.35. The van der Waals surface area contributed by atoms with E-state index in [-0.39, 0.29) is 11.9 Å². The van der Waals surface area contributed by atoms with Gasteiger partial charge in [0.15, 0.2) is 0 Å². The fraction of sp³-hybridized carbons (Fsp3) is 0.250. The van der Waals surface area contributed by atoms with Gasteiger partial charge in [-0.3, -0.25) is 9.79 Å². The van der Waals surface area contributed by atoms with Gasteiger partial charge in [-0.05, 0) is 12.1 Å². The molecule has 0 spiro atoms.